The molecule has 1 aromatic heterocycles. The number of nitrogen functional groups attached to an aromatic ring is 1. The summed E-state index contributed by atoms with van der Waals surface area (Å²) < 4.78 is 6.09. The summed E-state index contributed by atoms with van der Waals surface area (Å²) in [6, 6.07) is 6.01. The zero-order valence-electron chi connectivity index (χ0n) is 11.6. The summed E-state index contributed by atoms with van der Waals surface area (Å²) in [6.07, 6.45) is 0. The molecule has 2 N–H and O–H groups in total. The van der Waals surface area contributed by atoms with Crippen LogP contribution in [0.25, 0.3) is 10.4 Å². The fourth-order valence-corrected chi connectivity index (χ4v) is 3.55. The van der Waals surface area contributed by atoms with E-state index < -0.39 is 0 Å². The van der Waals surface area contributed by atoms with Crippen LogP contribution in [0.15, 0.2) is 22.7 Å². The lowest BCUT2D eigenvalue weighted by Crippen LogP contribution is -2.05. The molecule has 0 radical (unpaired) electrons. The predicted molar refractivity (Wildman–Crippen MR) is 87.3 cm³/mol. The van der Waals surface area contributed by atoms with E-state index in [2.05, 4.69) is 15.9 Å². The molecule has 0 atom stereocenters. The highest BCUT2D eigenvalue weighted by molar-refractivity contribution is 9.10. The van der Waals surface area contributed by atoms with Crippen LogP contribution in [0.4, 0.5) is 5.69 Å². The molecule has 0 aliphatic rings. The van der Waals surface area contributed by atoms with Gasteiger partial charge >= 0.3 is 5.97 Å². The minimum Gasteiger partial charge on any atom is -0.462 e. The van der Waals surface area contributed by atoms with Gasteiger partial charge in [0.15, 0.2) is 0 Å². The topological polar surface area (TPSA) is 52.3 Å². The number of esters is 1. The van der Waals surface area contributed by atoms with Gasteiger partial charge in [0.1, 0.15) is 4.88 Å². The van der Waals surface area contributed by atoms with Crippen LogP contribution in [0.1, 0.15) is 27.7 Å². The second kappa shape index (κ2) is 5.97. The number of hydrogen-bond acceptors (Lipinski definition) is 4. The Balaban J connectivity index is 2.56. The Morgan fingerprint density at radius 2 is 2.05 bits per heavy atom. The summed E-state index contributed by atoms with van der Waals surface area (Å²) >= 11 is 4.92. The minimum absolute atomic E-state index is 0.348. The zero-order chi connectivity index (χ0) is 14.9. The van der Waals surface area contributed by atoms with E-state index in [4.69, 9.17) is 10.5 Å². The Bertz CT molecular complexity index is 664. The maximum atomic E-state index is 11.9. The summed E-state index contributed by atoms with van der Waals surface area (Å²) in [6.45, 7) is 6.11. The molecule has 1 aromatic carbocycles. The highest BCUT2D eigenvalue weighted by Gasteiger charge is 2.21. The van der Waals surface area contributed by atoms with Crippen LogP contribution in [0.5, 0.6) is 0 Å². The van der Waals surface area contributed by atoms with E-state index >= 15 is 0 Å². The van der Waals surface area contributed by atoms with Gasteiger partial charge < -0.3 is 10.5 Å². The molecule has 0 saturated carbocycles. The van der Waals surface area contributed by atoms with Crippen molar-refractivity contribution >= 4 is 38.9 Å². The number of ether oxygens (including phenoxy) is 1. The first-order valence-corrected chi connectivity index (χ1v) is 7.89. The van der Waals surface area contributed by atoms with Crippen LogP contribution in [-0.4, -0.2) is 12.6 Å². The average Bonchev–Trinajstić information content (AvgIpc) is 2.70. The number of benzene rings is 1. The molecule has 0 aliphatic heterocycles. The predicted octanol–water partition coefficient (Wildman–Crippen LogP) is 4.55. The number of hydrogen-bond donors (Lipinski definition) is 1. The van der Waals surface area contributed by atoms with Gasteiger partial charge in [-0.05, 0) is 43.5 Å². The third kappa shape index (κ3) is 2.60. The van der Waals surface area contributed by atoms with Gasteiger partial charge in [0, 0.05) is 9.35 Å². The third-order valence-corrected chi connectivity index (χ3v) is 5.35. The lowest BCUT2D eigenvalue weighted by atomic mass is 10.0. The van der Waals surface area contributed by atoms with Crippen molar-refractivity contribution < 1.29 is 9.53 Å². The number of anilines is 1. The number of carbonyl (C=O) groups excluding carboxylic acids is 1. The Morgan fingerprint density at radius 1 is 1.35 bits per heavy atom. The van der Waals surface area contributed by atoms with Gasteiger partial charge in [0.2, 0.25) is 0 Å². The molecular weight excluding hydrogens is 338 g/mol. The Morgan fingerprint density at radius 3 is 2.70 bits per heavy atom. The lowest BCUT2D eigenvalue weighted by Gasteiger charge is -2.06. The minimum atomic E-state index is -0.350. The lowest BCUT2D eigenvalue weighted by molar-refractivity contribution is 0.0533. The van der Waals surface area contributed by atoms with E-state index in [9.17, 15) is 4.79 Å². The molecule has 20 heavy (non-hydrogen) atoms. The quantitative estimate of drug-likeness (QED) is 0.823. The van der Waals surface area contributed by atoms with Crippen molar-refractivity contribution in [2.24, 2.45) is 0 Å². The molecule has 0 fully saturated rings. The fourth-order valence-electron chi connectivity index (χ4n) is 1.98. The van der Waals surface area contributed by atoms with Crippen molar-refractivity contribution in [3.05, 3.63) is 38.7 Å². The van der Waals surface area contributed by atoms with Gasteiger partial charge in [-0.1, -0.05) is 28.1 Å². The molecule has 0 bridgehead atoms. The first-order chi connectivity index (χ1) is 9.47. The van der Waals surface area contributed by atoms with Gasteiger partial charge in [-0.3, -0.25) is 0 Å². The van der Waals surface area contributed by atoms with Gasteiger partial charge in [-0.15, -0.1) is 11.3 Å². The van der Waals surface area contributed by atoms with E-state index in [-0.39, 0.29) is 5.97 Å². The van der Waals surface area contributed by atoms with Gasteiger partial charge in [0.25, 0.3) is 0 Å². The molecule has 0 aliphatic carbocycles. The summed E-state index contributed by atoms with van der Waals surface area (Å²) in [7, 11) is 0. The molecule has 5 heteroatoms. The maximum Gasteiger partial charge on any atom is 0.350 e. The summed E-state index contributed by atoms with van der Waals surface area (Å²) in [4.78, 5) is 13.4. The van der Waals surface area contributed by atoms with E-state index in [0.29, 0.717) is 17.2 Å². The highest BCUT2D eigenvalue weighted by atomic mass is 79.9. The number of carbonyl (C=O) groups is 1. The van der Waals surface area contributed by atoms with Gasteiger partial charge in [0.05, 0.1) is 12.3 Å². The monoisotopic (exact) mass is 353 g/mol. The van der Waals surface area contributed by atoms with Crippen molar-refractivity contribution in [1.29, 1.82) is 0 Å². The average molecular weight is 354 g/mol. The van der Waals surface area contributed by atoms with Crippen molar-refractivity contribution in [1.82, 2.24) is 0 Å². The maximum absolute atomic E-state index is 11.9. The van der Waals surface area contributed by atoms with E-state index in [1.807, 2.05) is 32.0 Å². The number of thiophene rings is 1. The zero-order valence-corrected chi connectivity index (χ0v) is 14.0. The normalized spacial score (nSPS) is 10.6. The second-order valence-corrected chi connectivity index (χ2v) is 6.31. The van der Waals surface area contributed by atoms with Gasteiger partial charge in [-0.25, -0.2) is 4.79 Å². The Hall–Kier alpha value is -1.33. The third-order valence-electron chi connectivity index (χ3n) is 3.17. The fraction of sp³-hybridized carbons (Fsp3) is 0.267. The number of nitrogens with two attached hydrogens (primary N) is 1. The van der Waals surface area contributed by atoms with Crippen LogP contribution in [0.3, 0.4) is 0 Å². The Kier molecular flexibility index (Phi) is 4.50. The molecule has 1 heterocycles. The molecule has 3 nitrogen and oxygen atoms in total. The van der Waals surface area contributed by atoms with Crippen LogP contribution in [0, 0.1) is 13.8 Å². The first kappa shape index (κ1) is 15.1. The standard InChI is InChI=1S/C15H16BrNO2S/c1-4-19-15(18)14-12(17)9(3)13(20-14)10-6-5-7-11(16)8(10)2/h5-7H,4,17H2,1-3H3. The molecule has 0 unspecified atom stereocenters. The smallest absolute Gasteiger partial charge is 0.350 e. The van der Waals surface area contributed by atoms with Crippen molar-refractivity contribution in [3.63, 3.8) is 0 Å². The summed E-state index contributed by atoms with van der Waals surface area (Å²) in [5, 5.41) is 0. The summed E-state index contributed by atoms with van der Waals surface area (Å²) in [5.41, 5.74) is 9.72. The number of halogens is 1. The molecule has 0 saturated heterocycles. The molecule has 0 amide bonds. The van der Waals surface area contributed by atoms with Crippen LogP contribution < -0.4 is 5.73 Å². The second-order valence-electron chi connectivity index (χ2n) is 4.43. The first-order valence-electron chi connectivity index (χ1n) is 6.28. The van der Waals surface area contributed by atoms with Gasteiger partial charge in [-0.2, -0.15) is 0 Å². The van der Waals surface area contributed by atoms with E-state index in [1.54, 1.807) is 6.92 Å². The molecular formula is C15H16BrNO2S. The SMILES string of the molecule is CCOC(=O)c1sc(-c2cccc(Br)c2C)c(C)c1N. The summed E-state index contributed by atoms with van der Waals surface area (Å²) in [5.74, 6) is -0.350. The van der Waals surface area contributed by atoms with E-state index in [0.717, 1.165) is 26.0 Å². The van der Waals surface area contributed by atoms with Crippen LogP contribution in [-0.2, 0) is 4.74 Å². The van der Waals surface area contributed by atoms with E-state index in [1.165, 1.54) is 11.3 Å². The van der Waals surface area contributed by atoms with Crippen LogP contribution in [0.2, 0.25) is 0 Å². The molecule has 2 rings (SSSR count). The van der Waals surface area contributed by atoms with Crippen molar-refractivity contribution in [2.45, 2.75) is 20.8 Å². The Labute approximate surface area is 130 Å². The molecule has 106 valence electrons. The highest BCUT2D eigenvalue weighted by Crippen LogP contribution is 2.41. The van der Waals surface area contributed by atoms with Crippen LogP contribution >= 0.6 is 27.3 Å². The number of rotatable bonds is 3. The van der Waals surface area contributed by atoms with Crippen molar-refractivity contribution in [3.8, 4) is 10.4 Å². The molecule has 0 spiro atoms. The largest absolute Gasteiger partial charge is 0.462 e. The van der Waals surface area contributed by atoms with Crippen molar-refractivity contribution in [2.75, 3.05) is 12.3 Å². The molecule has 2 aromatic rings.